The third kappa shape index (κ3) is 7.46. The van der Waals surface area contributed by atoms with Crippen LogP contribution in [0.2, 0.25) is 0 Å². The topological polar surface area (TPSA) is 128 Å². The lowest BCUT2D eigenvalue weighted by Crippen LogP contribution is -2.53. The fraction of sp³-hybridized carbons (Fsp3) is 0.522. The molecule has 176 valence electrons. The van der Waals surface area contributed by atoms with Crippen LogP contribution >= 0.6 is 0 Å². The van der Waals surface area contributed by atoms with E-state index < -0.39 is 42.2 Å². The third-order valence-corrected chi connectivity index (χ3v) is 4.45. The number of aliphatic hydroxyl groups excluding tert-OH is 1. The molecule has 32 heavy (non-hydrogen) atoms. The van der Waals surface area contributed by atoms with Crippen molar-refractivity contribution in [2.24, 2.45) is 0 Å². The number of aliphatic hydroxyl groups is 1. The molecule has 9 heteroatoms. The van der Waals surface area contributed by atoms with Gasteiger partial charge in [0.15, 0.2) is 6.04 Å². The van der Waals surface area contributed by atoms with Gasteiger partial charge in [-0.15, -0.1) is 0 Å². The van der Waals surface area contributed by atoms with Crippen molar-refractivity contribution in [2.45, 2.75) is 65.1 Å². The molecule has 0 bridgehead atoms. The molecule has 9 nitrogen and oxygen atoms in total. The van der Waals surface area contributed by atoms with Crippen molar-refractivity contribution in [3.8, 4) is 18.2 Å². The van der Waals surface area contributed by atoms with E-state index in [4.69, 9.17) is 11.2 Å². The number of unbranched alkanes of at least 4 members (excludes halogenated alkanes) is 1. The number of carbonyl (C=O) groups is 3. The highest BCUT2D eigenvalue weighted by Crippen LogP contribution is 2.31. The van der Waals surface area contributed by atoms with Crippen LogP contribution in [0.4, 0.5) is 4.79 Å². The predicted octanol–water partition coefficient (Wildman–Crippen LogP) is 1.96. The molecule has 0 saturated carbocycles. The van der Waals surface area contributed by atoms with E-state index in [0.717, 1.165) is 11.3 Å². The van der Waals surface area contributed by atoms with Gasteiger partial charge < -0.3 is 25.6 Å². The molecule has 1 aromatic carbocycles. The monoisotopic (exact) mass is 447 g/mol. The lowest BCUT2D eigenvalue weighted by Gasteiger charge is -2.30. The number of hydrogen-bond donors (Lipinski definition) is 4. The molecule has 0 spiro atoms. The van der Waals surface area contributed by atoms with Crippen LogP contribution in [0, 0.1) is 19.4 Å². The number of para-hydroxylation sites is 1. The number of aromatic hydroxyl groups is 1. The van der Waals surface area contributed by atoms with E-state index in [9.17, 15) is 24.6 Å². The summed E-state index contributed by atoms with van der Waals surface area (Å²) >= 11 is 0. The minimum atomic E-state index is -1.46. The number of rotatable bonds is 9. The molecular formula is C23H33N3O6. The van der Waals surface area contributed by atoms with Crippen molar-refractivity contribution in [3.63, 3.8) is 0 Å². The van der Waals surface area contributed by atoms with Crippen molar-refractivity contribution in [1.82, 2.24) is 15.5 Å². The molecule has 2 atom stereocenters. The van der Waals surface area contributed by atoms with Gasteiger partial charge in [-0.2, -0.15) is 0 Å². The van der Waals surface area contributed by atoms with Gasteiger partial charge in [0, 0.05) is 18.2 Å². The lowest BCUT2D eigenvalue weighted by molar-refractivity contribution is -0.139. The Hall–Kier alpha value is -3.25. The first-order chi connectivity index (χ1) is 15.0. The molecule has 0 heterocycles. The second-order valence-corrected chi connectivity index (χ2v) is 8.28. The van der Waals surface area contributed by atoms with E-state index in [-0.39, 0.29) is 11.3 Å². The number of ether oxygens (including phenoxy) is 1. The molecule has 0 fully saturated rings. The number of amides is 3. The number of phenols is 1. The molecule has 1 rings (SSSR count). The maximum atomic E-state index is 13.1. The van der Waals surface area contributed by atoms with Gasteiger partial charge in [-0.25, -0.2) is 4.79 Å². The summed E-state index contributed by atoms with van der Waals surface area (Å²) in [5, 5.41) is 25.3. The third-order valence-electron chi connectivity index (χ3n) is 4.45. The van der Waals surface area contributed by atoms with E-state index in [1.54, 1.807) is 39.8 Å². The maximum absolute atomic E-state index is 13.1. The number of aryl methyl sites for hydroxylation is 1. The number of benzene rings is 1. The fourth-order valence-corrected chi connectivity index (χ4v) is 2.85. The van der Waals surface area contributed by atoms with Crippen LogP contribution in [0.1, 0.15) is 57.7 Å². The number of terminal acetylenes is 1. The number of hydrogen-bond acceptors (Lipinski definition) is 6. The summed E-state index contributed by atoms with van der Waals surface area (Å²) < 4.78 is 5.12. The Labute approximate surface area is 189 Å². The van der Waals surface area contributed by atoms with Crippen LogP contribution in [-0.2, 0) is 14.3 Å². The quantitative estimate of drug-likeness (QED) is 0.260. The molecule has 0 aliphatic carbocycles. The highest BCUT2D eigenvalue weighted by Gasteiger charge is 2.37. The molecule has 1 aromatic rings. The molecule has 2 unspecified atom stereocenters. The van der Waals surface area contributed by atoms with E-state index in [0.29, 0.717) is 18.5 Å². The number of alkyl carbamates (subject to hydrolysis) is 1. The first-order valence-corrected chi connectivity index (χ1v) is 10.4. The number of nitrogens with one attached hydrogen (secondary N) is 2. The van der Waals surface area contributed by atoms with Gasteiger partial charge >= 0.3 is 6.09 Å². The largest absolute Gasteiger partial charge is 0.507 e. The van der Waals surface area contributed by atoms with Gasteiger partial charge in [-0.3, -0.25) is 14.5 Å². The lowest BCUT2D eigenvalue weighted by atomic mass is 9.99. The highest BCUT2D eigenvalue weighted by molar-refractivity contribution is 5.93. The number of phenolic OH excluding ortho intramolecular Hbond substituents is 1. The van der Waals surface area contributed by atoms with Crippen molar-refractivity contribution in [1.29, 1.82) is 0 Å². The first kappa shape index (κ1) is 26.8. The Bertz CT molecular complexity index is 856. The fourth-order valence-electron chi connectivity index (χ4n) is 2.85. The average Bonchev–Trinajstić information content (AvgIpc) is 2.71. The second-order valence-electron chi connectivity index (χ2n) is 8.28. The zero-order chi connectivity index (χ0) is 24.5. The van der Waals surface area contributed by atoms with Crippen LogP contribution in [0.25, 0.3) is 0 Å². The van der Waals surface area contributed by atoms with Gasteiger partial charge in [0.05, 0.1) is 6.61 Å². The summed E-state index contributed by atoms with van der Waals surface area (Å²) in [6.07, 6.45) is 6.21. The van der Waals surface area contributed by atoms with Crippen molar-refractivity contribution in [3.05, 3.63) is 29.3 Å². The second kappa shape index (κ2) is 12.0. The smallest absolute Gasteiger partial charge is 0.408 e. The molecule has 3 amide bonds. The molecule has 4 N–H and O–H groups in total. The van der Waals surface area contributed by atoms with Gasteiger partial charge in [-0.1, -0.05) is 38.0 Å². The summed E-state index contributed by atoms with van der Waals surface area (Å²) in [6, 6.07) is 4.08. The Morgan fingerprint density at radius 2 is 1.94 bits per heavy atom. The minimum absolute atomic E-state index is 0.124. The Balaban J connectivity index is 3.30. The van der Waals surface area contributed by atoms with Gasteiger partial charge in [0.2, 0.25) is 5.91 Å². The van der Waals surface area contributed by atoms with Crippen LogP contribution < -0.4 is 10.6 Å². The van der Waals surface area contributed by atoms with E-state index in [1.807, 2.05) is 6.92 Å². The zero-order valence-electron chi connectivity index (χ0n) is 19.3. The summed E-state index contributed by atoms with van der Waals surface area (Å²) in [6.45, 7) is 8.12. The first-order valence-electron chi connectivity index (χ1n) is 10.4. The predicted molar refractivity (Wildman–Crippen MR) is 119 cm³/mol. The standard InChI is InChI=1S/C23H33N3O6/c1-7-9-13-24-20(29)18(16-12-10-11-15(3)19(16)28)26(8-2)21(30)17(14-27)25-22(31)32-23(4,5)6/h2,10-12,17-18,27-28H,7,9,13-14H2,1,3-6H3,(H,24,29)(H,25,31). The van der Waals surface area contributed by atoms with Gasteiger partial charge in [0.1, 0.15) is 17.4 Å². The molecule has 0 aromatic heterocycles. The zero-order valence-corrected chi connectivity index (χ0v) is 19.3. The molecule has 0 saturated heterocycles. The Kier molecular flexibility index (Phi) is 10.0. The van der Waals surface area contributed by atoms with Crippen molar-refractivity contribution >= 4 is 17.9 Å². The van der Waals surface area contributed by atoms with Crippen molar-refractivity contribution in [2.75, 3.05) is 13.2 Å². The Morgan fingerprint density at radius 1 is 1.28 bits per heavy atom. The molecule has 0 aliphatic heterocycles. The van der Waals surface area contributed by atoms with Crippen molar-refractivity contribution < 1.29 is 29.3 Å². The van der Waals surface area contributed by atoms with Gasteiger partial charge in [0.25, 0.3) is 5.91 Å². The Morgan fingerprint density at radius 3 is 2.47 bits per heavy atom. The molecule has 0 aliphatic rings. The van der Waals surface area contributed by atoms with E-state index in [2.05, 4.69) is 16.7 Å². The average molecular weight is 448 g/mol. The summed E-state index contributed by atoms with van der Waals surface area (Å²) in [5.41, 5.74) is -0.211. The summed E-state index contributed by atoms with van der Waals surface area (Å²) in [7, 11) is 0. The van der Waals surface area contributed by atoms with E-state index in [1.165, 1.54) is 6.07 Å². The number of carbonyl (C=O) groups excluding carboxylic acids is 3. The van der Waals surface area contributed by atoms with E-state index >= 15 is 0 Å². The van der Waals surface area contributed by atoms with Crippen LogP contribution in [0.15, 0.2) is 18.2 Å². The molecular weight excluding hydrogens is 414 g/mol. The van der Waals surface area contributed by atoms with Gasteiger partial charge in [-0.05, 0) is 39.7 Å². The number of nitrogens with zero attached hydrogens (tertiary/aromatic N) is 1. The summed E-state index contributed by atoms with van der Waals surface area (Å²) in [4.78, 5) is 39.0. The maximum Gasteiger partial charge on any atom is 0.408 e. The minimum Gasteiger partial charge on any atom is -0.507 e. The van der Waals surface area contributed by atoms with Crippen LogP contribution in [-0.4, -0.2) is 57.8 Å². The SMILES string of the molecule is C#CN(C(=O)C(CO)NC(=O)OC(C)(C)C)C(C(=O)NCCCC)c1cccc(C)c1O. The summed E-state index contributed by atoms with van der Waals surface area (Å²) in [5.74, 6) is -1.69. The molecule has 0 radical (unpaired) electrons. The van der Waals surface area contributed by atoms with Crippen LogP contribution in [0.5, 0.6) is 5.75 Å². The highest BCUT2D eigenvalue weighted by atomic mass is 16.6. The van der Waals surface area contributed by atoms with Crippen LogP contribution in [0.3, 0.4) is 0 Å². The normalized spacial score (nSPS) is 12.8.